The number of halogens is 2. The fraction of sp³-hybridized carbons (Fsp3) is 0.250. The number of benzene rings is 2. The zero-order valence-electron chi connectivity index (χ0n) is 11.1. The van der Waals surface area contributed by atoms with Crippen LogP contribution in [0, 0.1) is 5.82 Å². The Morgan fingerprint density at radius 3 is 2.45 bits per heavy atom. The van der Waals surface area contributed by atoms with Gasteiger partial charge in [0.25, 0.3) is 0 Å². The number of hydrogen-bond donors (Lipinski definition) is 1. The molecule has 0 saturated carbocycles. The summed E-state index contributed by atoms with van der Waals surface area (Å²) in [7, 11) is 0. The van der Waals surface area contributed by atoms with Gasteiger partial charge in [-0.3, -0.25) is 0 Å². The van der Waals surface area contributed by atoms with E-state index in [0.29, 0.717) is 22.2 Å². The molecule has 2 aromatic carbocycles. The van der Waals surface area contributed by atoms with Crippen LogP contribution in [0.4, 0.5) is 4.39 Å². The van der Waals surface area contributed by atoms with Crippen molar-refractivity contribution >= 4 is 15.9 Å². The van der Waals surface area contributed by atoms with Gasteiger partial charge in [-0.15, -0.1) is 0 Å². The third-order valence-corrected chi connectivity index (χ3v) is 3.33. The van der Waals surface area contributed by atoms with E-state index in [2.05, 4.69) is 15.9 Å². The molecule has 0 fully saturated rings. The summed E-state index contributed by atoms with van der Waals surface area (Å²) in [6.07, 6.45) is 0.0871. The molecule has 1 unspecified atom stereocenters. The lowest BCUT2D eigenvalue weighted by Crippen LogP contribution is -2.01. The van der Waals surface area contributed by atoms with Crippen LogP contribution in [0.3, 0.4) is 0 Å². The van der Waals surface area contributed by atoms with Gasteiger partial charge in [-0.05, 0) is 47.9 Å². The molecule has 0 bridgehead atoms. The molecular weight excluding hydrogens is 323 g/mol. The van der Waals surface area contributed by atoms with Gasteiger partial charge in [0.2, 0.25) is 0 Å². The highest BCUT2D eigenvalue weighted by Gasteiger charge is 2.12. The van der Waals surface area contributed by atoms with Crippen molar-refractivity contribution in [3.05, 3.63) is 63.9 Å². The van der Waals surface area contributed by atoms with Crippen molar-refractivity contribution in [3.8, 4) is 5.75 Å². The third kappa shape index (κ3) is 3.81. The summed E-state index contributed by atoms with van der Waals surface area (Å²) in [5.41, 5.74) is 1.21. The van der Waals surface area contributed by atoms with Crippen molar-refractivity contribution in [2.24, 2.45) is 0 Å². The second kappa shape index (κ2) is 6.86. The lowest BCUT2D eigenvalue weighted by molar-refractivity contribution is 0.219. The highest BCUT2D eigenvalue weighted by Crippen LogP contribution is 2.27. The minimum Gasteiger partial charge on any atom is -0.494 e. The van der Waals surface area contributed by atoms with Crippen LogP contribution >= 0.6 is 15.9 Å². The molecule has 2 nitrogen and oxygen atoms in total. The smallest absolute Gasteiger partial charge is 0.124 e. The monoisotopic (exact) mass is 338 g/mol. The molecule has 106 valence electrons. The van der Waals surface area contributed by atoms with Crippen molar-refractivity contribution in [2.75, 3.05) is 6.61 Å². The summed E-state index contributed by atoms with van der Waals surface area (Å²) < 4.78 is 19.4. The molecule has 0 heterocycles. The van der Waals surface area contributed by atoms with Crippen molar-refractivity contribution in [1.82, 2.24) is 0 Å². The SMILES string of the molecule is CCCOc1ccc(C(O)c2cc(F)cc(Br)c2)cc1. The number of aliphatic hydroxyl groups excluding tert-OH is 1. The molecule has 4 heteroatoms. The molecule has 0 radical (unpaired) electrons. The maximum Gasteiger partial charge on any atom is 0.124 e. The Hall–Kier alpha value is -1.39. The number of ether oxygens (including phenoxy) is 1. The molecule has 0 spiro atoms. The molecular formula is C16H16BrFO2. The van der Waals surface area contributed by atoms with Crippen LogP contribution in [0.25, 0.3) is 0 Å². The number of aliphatic hydroxyl groups is 1. The van der Waals surface area contributed by atoms with Crippen LogP contribution in [0.5, 0.6) is 5.75 Å². The second-order valence-electron chi connectivity index (χ2n) is 4.52. The summed E-state index contributed by atoms with van der Waals surface area (Å²) in [6, 6.07) is 11.6. The largest absolute Gasteiger partial charge is 0.494 e. The maximum atomic E-state index is 13.3. The molecule has 0 amide bonds. The summed E-state index contributed by atoms with van der Waals surface area (Å²) in [5, 5.41) is 10.3. The molecule has 0 aromatic heterocycles. The van der Waals surface area contributed by atoms with Gasteiger partial charge in [0.05, 0.1) is 6.61 Å². The number of rotatable bonds is 5. The zero-order valence-corrected chi connectivity index (χ0v) is 12.7. The Labute approximate surface area is 126 Å². The summed E-state index contributed by atoms with van der Waals surface area (Å²) in [5.74, 6) is 0.388. The molecule has 0 aliphatic heterocycles. The lowest BCUT2D eigenvalue weighted by Gasteiger charge is -2.13. The fourth-order valence-electron chi connectivity index (χ4n) is 1.89. The average molecular weight is 339 g/mol. The molecule has 0 aliphatic rings. The van der Waals surface area contributed by atoms with Gasteiger partial charge >= 0.3 is 0 Å². The van der Waals surface area contributed by atoms with E-state index in [1.807, 2.05) is 19.1 Å². The predicted molar refractivity (Wildman–Crippen MR) is 80.4 cm³/mol. The Bertz CT molecular complexity index is 549. The lowest BCUT2D eigenvalue weighted by atomic mass is 10.0. The van der Waals surface area contributed by atoms with Crippen molar-refractivity contribution in [2.45, 2.75) is 19.4 Å². The van der Waals surface area contributed by atoms with Crippen molar-refractivity contribution in [3.63, 3.8) is 0 Å². The Kier molecular flexibility index (Phi) is 5.15. The topological polar surface area (TPSA) is 29.5 Å². The van der Waals surface area contributed by atoms with Gasteiger partial charge in [-0.2, -0.15) is 0 Å². The van der Waals surface area contributed by atoms with Crippen LogP contribution in [0.15, 0.2) is 46.9 Å². The highest BCUT2D eigenvalue weighted by atomic mass is 79.9. The van der Waals surface area contributed by atoms with Crippen molar-refractivity contribution < 1.29 is 14.2 Å². The van der Waals surface area contributed by atoms with Gasteiger partial charge in [0.1, 0.15) is 17.7 Å². The maximum absolute atomic E-state index is 13.3. The first-order valence-electron chi connectivity index (χ1n) is 6.47. The predicted octanol–water partition coefficient (Wildman–Crippen LogP) is 4.46. The van der Waals surface area contributed by atoms with E-state index in [0.717, 1.165) is 12.2 Å². The number of hydrogen-bond acceptors (Lipinski definition) is 2. The minimum atomic E-state index is -0.859. The molecule has 0 saturated heterocycles. The van der Waals surface area contributed by atoms with Crippen LogP contribution in [-0.4, -0.2) is 11.7 Å². The molecule has 0 aliphatic carbocycles. The van der Waals surface area contributed by atoms with Crippen LogP contribution in [-0.2, 0) is 0 Å². The Morgan fingerprint density at radius 2 is 1.85 bits per heavy atom. The van der Waals surface area contributed by atoms with Crippen LogP contribution < -0.4 is 4.74 Å². The molecule has 1 atom stereocenters. The van der Waals surface area contributed by atoms with E-state index >= 15 is 0 Å². The zero-order chi connectivity index (χ0) is 14.5. The third-order valence-electron chi connectivity index (χ3n) is 2.87. The van der Waals surface area contributed by atoms with E-state index < -0.39 is 6.10 Å². The van der Waals surface area contributed by atoms with E-state index in [1.165, 1.54) is 12.1 Å². The van der Waals surface area contributed by atoms with Gasteiger partial charge in [0.15, 0.2) is 0 Å². The summed E-state index contributed by atoms with van der Waals surface area (Å²) >= 11 is 3.22. The van der Waals surface area contributed by atoms with Crippen LogP contribution in [0.1, 0.15) is 30.6 Å². The van der Waals surface area contributed by atoms with E-state index in [4.69, 9.17) is 4.74 Å². The average Bonchev–Trinajstić information content (AvgIpc) is 2.44. The summed E-state index contributed by atoms with van der Waals surface area (Å²) in [4.78, 5) is 0. The van der Waals surface area contributed by atoms with E-state index in [1.54, 1.807) is 18.2 Å². The van der Waals surface area contributed by atoms with Crippen LogP contribution in [0.2, 0.25) is 0 Å². The standard InChI is InChI=1S/C16H16BrFO2/c1-2-7-20-15-5-3-11(4-6-15)16(19)12-8-13(17)10-14(18)9-12/h3-6,8-10,16,19H,2,7H2,1H3. The molecule has 2 aromatic rings. The second-order valence-corrected chi connectivity index (χ2v) is 5.44. The normalized spacial score (nSPS) is 12.2. The molecule has 20 heavy (non-hydrogen) atoms. The first-order chi connectivity index (χ1) is 9.60. The molecule has 2 rings (SSSR count). The first kappa shape index (κ1) is 15.0. The van der Waals surface area contributed by atoms with Crippen molar-refractivity contribution in [1.29, 1.82) is 0 Å². The summed E-state index contributed by atoms with van der Waals surface area (Å²) in [6.45, 7) is 2.71. The first-order valence-corrected chi connectivity index (χ1v) is 7.26. The van der Waals surface area contributed by atoms with Gasteiger partial charge in [0, 0.05) is 4.47 Å². The van der Waals surface area contributed by atoms with E-state index in [9.17, 15) is 9.50 Å². The Morgan fingerprint density at radius 1 is 1.15 bits per heavy atom. The molecule has 1 N–H and O–H groups in total. The van der Waals surface area contributed by atoms with Gasteiger partial charge < -0.3 is 9.84 Å². The Balaban J connectivity index is 2.17. The quantitative estimate of drug-likeness (QED) is 0.872. The fourth-order valence-corrected chi connectivity index (χ4v) is 2.37. The van der Waals surface area contributed by atoms with E-state index in [-0.39, 0.29) is 5.82 Å². The van der Waals surface area contributed by atoms with Gasteiger partial charge in [-0.25, -0.2) is 4.39 Å². The highest BCUT2D eigenvalue weighted by molar-refractivity contribution is 9.10. The van der Waals surface area contributed by atoms with Gasteiger partial charge in [-0.1, -0.05) is 35.0 Å². The minimum absolute atomic E-state index is 0.378.